The molecule has 170 valence electrons. The Morgan fingerprint density at radius 2 is 1.76 bits per heavy atom. The van der Waals surface area contributed by atoms with Crippen LogP contribution < -0.4 is 5.32 Å². The van der Waals surface area contributed by atoms with Gasteiger partial charge in [0.2, 0.25) is 5.91 Å². The summed E-state index contributed by atoms with van der Waals surface area (Å²) in [5.74, 6) is 0.512. The maximum Gasteiger partial charge on any atom is 0.238 e. The first-order chi connectivity index (χ1) is 15.9. The van der Waals surface area contributed by atoms with Crippen LogP contribution in [-0.2, 0) is 11.3 Å². The van der Waals surface area contributed by atoms with E-state index in [9.17, 15) is 9.18 Å². The van der Waals surface area contributed by atoms with Gasteiger partial charge in [-0.05, 0) is 38.5 Å². The molecule has 0 aliphatic heterocycles. The standard InChI is InChI=1S/C24H25FN6OS/c1-16(2)31-21(13-14-26-31)27-23(32)17(3)33-24-29-28-22(19-11-7-8-12-20(19)25)30(24)15-18-9-5-4-6-10-18/h4-14,16-17H,15H2,1-3H3,(H,27,32). The second-order valence-electron chi connectivity index (χ2n) is 7.86. The van der Waals surface area contributed by atoms with Crippen LogP contribution in [0.5, 0.6) is 0 Å². The third kappa shape index (κ3) is 5.14. The topological polar surface area (TPSA) is 77.6 Å². The van der Waals surface area contributed by atoms with Gasteiger partial charge in [-0.15, -0.1) is 10.2 Å². The van der Waals surface area contributed by atoms with E-state index in [0.29, 0.717) is 28.9 Å². The van der Waals surface area contributed by atoms with E-state index in [1.165, 1.54) is 17.8 Å². The van der Waals surface area contributed by atoms with Crippen LogP contribution in [0.2, 0.25) is 0 Å². The van der Waals surface area contributed by atoms with Gasteiger partial charge in [-0.2, -0.15) is 5.10 Å². The van der Waals surface area contributed by atoms with Gasteiger partial charge in [-0.3, -0.25) is 9.36 Å². The van der Waals surface area contributed by atoms with Gasteiger partial charge in [0.15, 0.2) is 11.0 Å². The summed E-state index contributed by atoms with van der Waals surface area (Å²) >= 11 is 1.28. The van der Waals surface area contributed by atoms with E-state index in [1.54, 1.807) is 42.1 Å². The van der Waals surface area contributed by atoms with Crippen molar-refractivity contribution in [3.63, 3.8) is 0 Å². The molecule has 2 aromatic heterocycles. The van der Waals surface area contributed by atoms with Crippen LogP contribution in [0.4, 0.5) is 10.2 Å². The zero-order valence-electron chi connectivity index (χ0n) is 18.6. The van der Waals surface area contributed by atoms with Crippen molar-refractivity contribution in [1.29, 1.82) is 0 Å². The fraction of sp³-hybridized carbons (Fsp3) is 0.250. The molecule has 2 heterocycles. The van der Waals surface area contributed by atoms with Crippen LogP contribution >= 0.6 is 11.8 Å². The van der Waals surface area contributed by atoms with E-state index in [2.05, 4.69) is 20.6 Å². The van der Waals surface area contributed by atoms with Crippen molar-refractivity contribution in [1.82, 2.24) is 24.5 Å². The highest BCUT2D eigenvalue weighted by atomic mass is 32.2. The van der Waals surface area contributed by atoms with Crippen LogP contribution in [0.1, 0.15) is 32.4 Å². The molecule has 0 bridgehead atoms. The number of carbonyl (C=O) groups excluding carboxylic acids is 1. The number of thioether (sulfide) groups is 1. The molecular weight excluding hydrogens is 439 g/mol. The number of nitrogens with one attached hydrogen (secondary N) is 1. The van der Waals surface area contributed by atoms with Crippen LogP contribution in [0.3, 0.4) is 0 Å². The molecule has 4 rings (SSSR count). The predicted octanol–water partition coefficient (Wildman–Crippen LogP) is 5.03. The quantitative estimate of drug-likeness (QED) is 0.370. The van der Waals surface area contributed by atoms with Crippen LogP contribution in [0.15, 0.2) is 72.0 Å². The average molecular weight is 465 g/mol. The lowest BCUT2D eigenvalue weighted by molar-refractivity contribution is -0.115. The van der Waals surface area contributed by atoms with Gasteiger partial charge >= 0.3 is 0 Å². The first-order valence-corrected chi connectivity index (χ1v) is 11.5. The molecule has 1 N–H and O–H groups in total. The molecular formula is C24H25FN6OS. The molecule has 0 radical (unpaired) electrons. The second kappa shape index (κ2) is 9.99. The number of hydrogen-bond acceptors (Lipinski definition) is 5. The highest BCUT2D eigenvalue weighted by Crippen LogP contribution is 2.29. The maximum absolute atomic E-state index is 14.5. The third-order valence-electron chi connectivity index (χ3n) is 5.08. The van der Waals surface area contributed by atoms with Gasteiger partial charge in [0.1, 0.15) is 11.6 Å². The zero-order chi connectivity index (χ0) is 23.4. The third-order valence-corrected chi connectivity index (χ3v) is 6.16. The largest absolute Gasteiger partial charge is 0.310 e. The van der Waals surface area contributed by atoms with Gasteiger partial charge in [-0.25, -0.2) is 9.07 Å². The fourth-order valence-electron chi connectivity index (χ4n) is 3.39. The Morgan fingerprint density at radius 1 is 1.03 bits per heavy atom. The van der Waals surface area contributed by atoms with Crippen molar-refractivity contribution in [3.05, 3.63) is 78.2 Å². The lowest BCUT2D eigenvalue weighted by Gasteiger charge is -2.16. The van der Waals surface area contributed by atoms with Crippen molar-refractivity contribution in [2.45, 2.75) is 43.8 Å². The summed E-state index contributed by atoms with van der Waals surface area (Å²) in [6.07, 6.45) is 1.66. The number of aromatic nitrogens is 5. The zero-order valence-corrected chi connectivity index (χ0v) is 19.5. The SMILES string of the molecule is CC(Sc1nnc(-c2ccccc2F)n1Cc1ccccc1)C(=O)Nc1ccnn1C(C)C. The van der Waals surface area contributed by atoms with Gasteiger partial charge in [0.05, 0.1) is 23.6 Å². The normalized spacial score (nSPS) is 12.2. The van der Waals surface area contributed by atoms with Crippen molar-refractivity contribution >= 4 is 23.5 Å². The summed E-state index contributed by atoms with van der Waals surface area (Å²) < 4.78 is 18.1. The van der Waals surface area contributed by atoms with E-state index < -0.39 is 5.25 Å². The van der Waals surface area contributed by atoms with E-state index in [-0.39, 0.29) is 17.8 Å². The number of rotatable bonds is 8. The maximum atomic E-state index is 14.5. The van der Waals surface area contributed by atoms with Crippen molar-refractivity contribution in [2.75, 3.05) is 5.32 Å². The van der Waals surface area contributed by atoms with Gasteiger partial charge in [-0.1, -0.05) is 54.2 Å². The molecule has 9 heteroatoms. The van der Waals surface area contributed by atoms with Gasteiger partial charge in [0.25, 0.3) is 0 Å². The minimum Gasteiger partial charge on any atom is -0.310 e. The molecule has 0 spiro atoms. The number of carbonyl (C=O) groups is 1. The Balaban J connectivity index is 1.61. The predicted molar refractivity (Wildman–Crippen MR) is 128 cm³/mol. The monoisotopic (exact) mass is 464 g/mol. The Hall–Kier alpha value is -3.46. The summed E-state index contributed by atoms with van der Waals surface area (Å²) in [6, 6.07) is 18.2. The number of hydrogen-bond donors (Lipinski definition) is 1. The van der Waals surface area contributed by atoms with E-state index in [4.69, 9.17) is 0 Å². The number of anilines is 1. The van der Waals surface area contributed by atoms with Crippen LogP contribution in [0.25, 0.3) is 11.4 Å². The molecule has 1 unspecified atom stereocenters. The summed E-state index contributed by atoms with van der Waals surface area (Å²) in [5, 5.41) is 15.8. The first-order valence-electron chi connectivity index (χ1n) is 10.7. The highest BCUT2D eigenvalue weighted by molar-refractivity contribution is 8.00. The van der Waals surface area contributed by atoms with Crippen molar-refractivity contribution in [3.8, 4) is 11.4 Å². The van der Waals surface area contributed by atoms with E-state index >= 15 is 0 Å². The molecule has 0 saturated heterocycles. The van der Waals surface area contributed by atoms with Gasteiger partial charge < -0.3 is 5.32 Å². The molecule has 7 nitrogen and oxygen atoms in total. The lowest BCUT2D eigenvalue weighted by Crippen LogP contribution is -2.25. The van der Waals surface area contributed by atoms with Crippen molar-refractivity contribution < 1.29 is 9.18 Å². The average Bonchev–Trinajstić information content (AvgIpc) is 3.42. The fourth-order valence-corrected chi connectivity index (χ4v) is 4.24. The Morgan fingerprint density at radius 3 is 2.48 bits per heavy atom. The number of benzene rings is 2. The molecule has 0 aliphatic carbocycles. The number of halogens is 1. The summed E-state index contributed by atoms with van der Waals surface area (Å²) in [4.78, 5) is 12.9. The smallest absolute Gasteiger partial charge is 0.238 e. The first kappa shape index (κ1) is 22.7. The second-order valence-corrected chi connectivity index (χ2v) is 9.17. The summed E-state index contributed by atoms with van der Waals surface area (Å²) in [5.41, 5.74) is 1.39. The van der Waals surface area contributed by atoms with E-state index in [1.807, 2.05) is 48.7 Å². The molecule has 1 amide bonds. The minimum atomic E-state index is -0.465. The Labute approximate surface area is 196 Å². The number of amides is 1. The van der Waals surface area contributed by atoms with Gasteiger partial charge in [0, 0.05) is 12.1 Å². The van der Waals surface area contributed by atoms with Crippen LogP contribution in [0, 0.1) is 5.82 Å². The summed E-state index contributed by atoms with van der Waals surface area (Å²) in [7, 11) is 0. The molecule has 2 aromatic carbocycles. The highest BCUT2D eigenvalue weighted by Gasteiger charge is 2.23. The molecule has 0 saturated carbocycles. The Bertz CT molecular complexity index is 1240. The Kier molecular flexibility index (Phi) is 6.88. The molecule has 4 aromatic rings. The van der Waals surface area contributed by atoms with Crippen molar-refractivity contribution in [2.24, 2.45) is 0 Å². The lowest BCUT2D eigenvalue weighted by atomic mass is 10.2. The molecule has 33 heavy (non-hydrogen) atoms. The summed E-state index contributed by atoms with van der Waals surface area (Å²) in [6.45, 7) is 6.25. The molecule has 0 fully saturated rings. The minimum absolute atomic E-state index is 0.121. The molecule has 1 atom stereocenters. The number of nitrogens with zero attached hydrogens (tertiary/aromatic N) is 5. The molecule has 0 aliphatic rings. The van der Waals surface area contributed by atoms with E-state index in [0.717, 1.165) is 5.56 Å². The van der Waals surface area contributed by atoms with Crippen LogP contribution in [-0.4, -0.2) is 35.7 Å².